The molecule has 31 heavy (non-hydrogen) atoms. The zero-order valence-electron chi connectivity index (χ0n) is 16.1. The van der Waals surface area contributed by atoms with Crippen molar-refractivity contribution in [1.29, 1.82) is 0 Å². The van der Waals surface area contributed by atoms with Gasteiger partial charge in [0.15, 0.2) is 0 Å². The summed E-state index contributed by atoms with van der Waals surface area (Å²) in [7, 11) is 0. The van der Waals surface area contributed by atoms with Crippen molar-refractivity contribution in [2.45, 2.75) is 26.1 Å². The van der Waals surface area contributed by atoms with Crippen molar-refractivity contribution in [2.75, 3.05) is 0 Å². The standard InChI is InChI=1S/C20H15ClF4N6/c1-2-11(19-26-29-30-27-19)7-17-15-6-4-13(20(23,24)25)8-18(15)31(28-17)10-12-3-5-14(22)9-16(12)21/h2-6,8-9H,7,10H2,1H3,(H,26,27,29,30). The van der Waals surface area contributed by atoms with E-state index >= 15 is 0 Å². The number of fused-ring (bicyclic) bond motifs is 1. The molecule has 0 fully saturated rings. The van der Waals surface area contributed by atoms with Gasteiger partial charge in [0.25, 0.3) is 0 Å². The third kappa shape index (κ3) is 4.29. The van der Waals surface area contributed by atoms with Crippen LogP contribution in [0.15, 0.2) is 42.5 Å². The fraction of sp³-hybridized carbons (Fsp3) is 0.200. The van der Waals surface area contributed by atoms with Crippen LogP contribution in [0.2, 0.25) is 5.02 Å². The fourth-order valence-electron chi connectivity index (χ4n) is 3.27. The largest absolute Gasteiger partial charge is 0.416 e. The van der Waals surface area contributed by atoms with Crippen LogP contribution in [0.1, 0.15) is 29.6 Å². The lowest BCUT2D eigenvalue weighted by molar-refractivity contribution is -0.137. The van der Waals surface area contributed by atoms with Gasteiger partial charge >= 0.3 is 6.18 Å². The van der Waals surface area contributed by atoms with Gasteiger partial charge in [-0.2, -0.15) is 23.5 Å². The molecule has 6 nitrogen and oxygen atoms in total. The van der Waals surface area contributed by atoms with Crippen molar-refractivity contribution < 1.29 is 17.6 Å². The Kier molecular flexibility index (Phi) is 5.48. The van der Waals surface area contributed by atoms with E-state index in [4.69, 9.17) is 11.6 Å². The predicted octanol–water partition coefficient (Wildman–Crippen LogP) is 5.06. The highest BCUT2D eigenvalue weighted by molar-refractivity contribution is 6.31. The molecule has 0 aliphatic heterocycles. The van der Waals surface area contributed by atoms with Crippen molar-refractivity contribution in [3.63, 3.8) is 0 Å². The Morgan fingerprint density at radius 3 is 2.65 bits per heavy atom. The van der Waals surface area contributed by atoms with E-state index in [0.29, 0.717) is 28.0 Å². The van der Waals surface area contributed by atoms with Gasteiger partial charge in [-0.25, -0.2) is 4.39 Å². The first-order valence-electron chi connectivity index (χ1n) is 9.16. The summed E-state index contributed by atoms with van der Waals surface area (Å²) < 4.78 is 54.8. The van der Waals surface area contributed by atoms with Crippen LogP contribution in [0.3, 0.4) is 0 Å². The number of nitrogens with zero attached hydrogens (tertiary/aromatic N) is 5. The average Bonchev–Trinajstić information content (AvgIpc) is 3.36. The van der Waals surface area contributed by atoms with Gasteiger partial charge in [-0.05, 0) is 42.0 Å². The monoisotopic (exact) mass is 450 g/mol. The minimum absolute atomic E-state index is 0.0737. The van der Waals surface area contributed by atoms with Gasteiger partial charge in [0, 0.05) is 22.4 Å². The zero-order chi connectivity index (χ0) is 22.2. The van der Waals surface area contributed by atoms with Crippen molar-refractivity contribution in [1.82, 2.24) is 30.4 Å². The van der Waals surface area contributed by atoms with E-state index in [1.807, 2.05) is 0 Å². The third-order valence-electron chi connectivity index (χ3n) is 4.83. The highest BCUT2D eigenvalue weighted by Gasteiger charge is 2.31. The minimum Gasteiger partial charge on any atom is -0.260 e. The van der Waals surface area contributed by atoms with Crippen molar-refractivity contribution in [3.05, 3.63) is 76.0 Å². The minimum atomic E-state index is -4.50. The first-order valence-corrected chi connectivity index (χ1v) is 9.53. The smallest absolute Gasteiger partial charge is 0.260 e. The molecule has 1 N–H and O–H groups in total. The Labute approximate surface area is 178 Å². The van der Waals surface area contributed by atoms with Gasteiger partial charge in [-0.1, -0.05) is 29.8 Å². The van der Waals surface area contributed by atoms with Gasteiger partial charge in [-0.15, -0.1) is 10.2 Å². The second-order valence-corrected chi connectivity index (χ2v) is 7.20. The first-order chi connectivity index (χ1) is 14.8. The van der Waals surface area contributed by atoms with Crippen LogP contribution in [-0.4, -0.2) is 30.4 Å². The zero-order valence-corrected chi connectivity index (χ0v) is 16.8. The predicted molar refractivity (Wildman–Crippen MR) is 107 cm³/mol. The summed E-state index contributed by atoms with van der Waals surface area (Å²) in [6.07, 6.45) is -2.44. The Morgan fingerprint density at radius 1 is 1.19 bits per heavy atom. The number of hydrogen-bond acceptors (Lipinski definition) is 4. The van der Waals surface area contributed by atoms with E-state index in [2.05, 4.69) is 25.7 Å². The van der Waals surface area contributed by atoms with Crippen LogP contribution in [0.25, 0.3) is 16.5 Å². The normalized spacial score (nSPS) is 12.6. The number of aromatic amines is 1. The molecule has 0 amide bonds. The van der Waals surface area contributed by atoms with Crippen molar-refractivity contribution in [2.24, 2.45) is 0 Å². The molecule has 2 heterocycles. The maximum absolute atomic E-state index is 13.4. The van der Waals surface area contributed by atoms with Crippen LogP contribution in [0.5, 0.6) is 0 Å². The van der Waals surface area contributed by atoms with E-state index in [9.17, 15) is 17.6 Å². The molecule has 0 aliphatic carbocycles. The molecular formula is C20H15ClF4N6. The van der Waals surface area contributed by atoms with E-state index in [1.54, 1.807) is 13.0 Å². The highest BCUT2D eigenvalue weighted by Crippen LogP contribution is 2.33. The summed E-state index contributed by atoms with van der Waals surface area (Å²) in [4.78, 5) is 0. The molecule has 0 bridgehead atoms. The number of halogens is 5. The van der Waals surface area contributed by atoms with Crippen molar-refractivity contribution >= 4 is 28.1 Å². The molecule has 0 atom stereocenters. The van der Waals surface area contributed by atoms with Crippen molar-refractivity contribution in [3.8, 4) is 0 Å². The van der Waals surface area contributed by atoms with Gasteiger partial charge in [0.05, 0.1) is 23.3 Å². The molecule has 0 saturated carbocycles. The van der Waals surface area contributed by atoms with E-state index in [0.717, 1.165) is 18.2 Å². The Balaban J connectivity index is 1.81. The number of rotatable bonds is 5. The molecule has 11 heteroatoms. The topological polar surface area (TPSA) is 72.3 Å². The van der Waals surface area contributed by atoms with Crippen LogP contribution >= 0.6 is 11.6 Å². The maximum Gasteiger partial charge on any atom is 0.416 e. The molecule has 2 aromatic carbocycles. The van der Waals surface area contributed by atoms with Gasteiger partial charge in [-0.3, -0.25) is 4.68 Å². The van der Waals surface area contributed by atoms with Gasteiger partial charge in [0.2, 0.25) is 5.82 Å². The van der Waals surface area contributed by atoms with Gasteiger partial charge in [0.1, 0.15) is 5.82 Å². The number of hydrogen-bond donors (Lipinski definition) is 1. The van der Waals surface area contributed by atoms with Crippen LogP contribution in [0, 0.1) is 5.82 Å². The number of aromatic nitrogens is 6. The Morgan fingerprint density at radius 2 is 2.00 bits per heavy atom. The number of tetrazole rings is 1. The van der Waals surface area contributed by atoms with Crippen LogP contribution in [0.4, 0.5) is 17.6 Å². The lowest BCUT2D eigenvalue weighted by Crippen LogP contribution is -2.06. The second kappa shape index (κ2) is 8.10. The number of alkyl halides is 3. The molecule has 0 spiro atoms. The Hall–Kier alpha value is -3.27. The molecule has 160 valence electrons. The number of benzene rings is 2. The van der Waals surface area contributed by atoms with E-state index in [-0.39, 0.29) is 23.5 Å². The summed E-state index contributed by atoms with van der Waals surface area (Å²) in [6, 6.07) is 7.34. The third-order valence-corrected chi connectivity index (χ3v) is 5.18. The van der Waals surface area contributed by atoms with Gasteiger partial charge < -0.3 is 0 Å². The van der Waals surface area contributed by atoms with E-state index in [1.165, 1.54) is 22.9 Å². The molecular weight excluding hydrogens is 436 g/mol. The summed E-state index contributed by atoms with van der Waals surface area (Å²) in [6.45, 7) is 1.87. The number of nitrogens with one attached hydrogen (secondary N) is 1. The fourth-order valence-corrected chi connectivity index (χ4v) is 3.50. The summed E-state index contributed by atoms with van der Waals surface area (Å²) >= 11 is 6.12. The molecule has 0 unspecified atom stereocenters. The SMILES string of the molecule is CC=C(Cc1nn(Cc2ccc(F)cc2Cl)c2cc(C(F)(F)F)ccc12)c1nn[nH]n1. The molecule has 4 rings (SSSR count). The van der Waals surface area contributed by atoms with E-state index < -0.39 is 17.6 Å². The number of H-pyrrole nitrogens is 1. The quantitative estimate of drug-likeness (QED) is 0.432. The Bertz CT molecular complexity index is 1260. The van der Waals surface area contributed by atoms with Crippen LogP contribution in [-0.2, 0) is 19.1 Å². The molecule has 0 saturated heterocycles. The summed E-state index contributed by atoms with van der Waals surface area (Å²) in [5.41, 5.74) is 1.27. The molecule has 0 radical (unpaired) electrons. The second-order valence-electron chi connectivity index (χ2n) is 6.80. The summed E-state index contributed by atoms with van der Waals surface area (Å²) in [5, 5.41) is 19.1. The lowest BCUT2D eigenvalue weighted by Gasteiger charge is -2.09. The molecule has 0 aliphatic rings. The summed E-state index contributed by atoms with van der Waals surface area (Å²) in [5.74, 6) is -0.129. The van der Waals surface area contributed by atoms with Crippen LogP contribution < -0.4 is 0 Å². The number of allylic oxidation sites excluding steroid dienone is 2. The first kappa shape index (κ1) is 21.0. The molecule has 2 aromatic heterocycles. The lowest BCUT2D eigenvalue weighted by atomic mass is 10.0. The maximum atomic E-state index is 13.4. The molecule has 4 aromatic rings. The highest BCUT2D eigenvalue weighted by atomic mass is 35.5. The average molecular weight is 451 g/mol.